The molecule has 116 valence electrons. The summed E-state index contributed by atoms with van der Waals surface area (Å²) in [6.07, 6.45) is 0.754. The smallest absolute Gasteiger partial charge is 0.302 e. The van der Waals surface area contributed by atoms with Gasteiger partial charge in [0.05, 0.1) is 30.2 Å². The quantitative estimate of drug-likeness (QED) is 0.290. The summed E-state index contributed by atoms with van der Waals surface area (Å²) in [4.78, 5) is 10.8. The van der Waals surface area contributed by atoms with Gasteiger partial charge in [-0.25, -0.2) is 9.13 Å². The molecular weight excluding hydrogens is 426 g/mol. The van der Waals surface area contributed by atoms with Crippen LogP contribution in [0.1, 0.15) is 19.2 Å². The minimum Gasteiger partial charge on any atom is -1.00 e. The van der Waals surface area contributed by atoms with E-state index in [0.717, 1.165) is 29.8 Å². The largest absolute Gasteiger partial charge is 1.00 e. The average molecular weight is 443 g/mol. The number of hydrogen-bond donors (Lipinski definition) is 0. The maximum atomic E-state index is 10.8. The first-order chi connectivity index (χ1) is 9.41. The molecule has 2 rings (SSSR count). The Labute approximate surface area is 151 Å². The Morgan fingerprint density at radius 1 is 1.33 bits per heavy atom. The van der Waals surface area contributed by atoms with E-state index in [9.17, 15) is 4.79 Å². The summed E-state index contributed by atoms with van der Waals surface area (Å²) >= 11 is 12.2. The van der Waals surface area contributed by atoms with E-state index in [1.807, 2.05) is 26.1 Å². The van der Waals surface area contributed by atoms with Crippen molar-refractivity contribution in [3.8, 4) is 0 Å². The van der Waals surface area contributed by atoms with Gasteiger partial charge in [-0.05, 0) is 0 Å². The highest BCUT2D eigenvalue weighted by atomic mass is 127. The molecule has 0 aliphatic carbocycles. The molecule has 0 unspecified atom stereocenters. The van der Waals surface area contributed by atoms with Gasteiger partial charge in [0, 0.05) is 32.4 Å². The Hall–Kier alpha value is -0.530. The Kier molecular flexibility index (Phi) is 6.74. The number of aryl methyl sites for hydroxylation is 2. The molecule has 0 atom stereocenters. The molecule has 0 spiro atoms. The van der Waals surface area contributed by atoms with Crippen molar-refractivity contribution in [2.45, 2.75) is 26.8 Å². The van der Waals surface area contributed by atoms with E-state index >= 15 is 0 Å². The number of hydrogen-bond acceptors (Lipinski definition) is 2. The average Bonchev–Trinajstić information content (AvgIpc) is 2.60. The van der Waals surface area contributed by atoms with Crippen LogP contribution in [0.3, 0.4) is 0 Å². The number of aromatic nitrogens is 2. The van der Waals surface area contributed by atoms with Crippen LogP contribution in [0.15, 0.2) is 12.1 Å². The molecule has 0 aliphatic rings. The molecule has 0 N–H and O–H groups in total. The molecule has 7 heteroatoms. The van der Waals surface area contributed by atoms with Gasteiger partial charge in [0.2, 0.25) is 0 Å². The summed E-state index contributed by atoms with van der Waals surface area (Å²) in [7, 11) is 1.99. The third-order valence-electron chi connectivity index (χ3n) is 3.38. The maximum absolute atomic E-state index is 10.8. The topological polar surface area (TPSA) is 35.1 Å². The molecule has 2 aromatic rings. The zero-order chi connectivity index (χ0) is 14.9. The fraction of sp³-hybridized carbons (Fsp3) is 0.429. The number of imidazole rings is 1. The van der Waals surface area contributed by atoms with Crippen LogP contribution in [0, 0.1) is 6.92 Å². The predicted octanol–water partition coefficient (Wildman–Crippen LogP) is 0.0382. The number of nitrogens with zero attached hydrogens (tertiary/aromatic N) is 2. The van der Waals surface area contributed by atoms with Gasteiger partial charge in [-0.2, -0.15) is 0 Å². The van der Waals surface area contributed by atoms with E-state index in [1.165, 1.54) is 6.92 Å². The Balaban J connectivity index is 0.00000220. The van der Waals surface area contributed by atoms with Crippen LogP contribution >= 0.6 is 23.2 Å². The molecule has 0 aliphatic heterocycles. The molecule has 4 nitrogen and oxygen atoms in total. The molecule has 1 aromatic carbocycles. The van der Waals surface area contributed by atoms with E-state index in [-0.39, 0.29) is 29.9 Å². The normalized spacial score (nSPS) is 10.5. The summed E-state index contributed by atoms with van der Waals surface area (Å²) < 4.78 is 9.19. The molecule has 1 heterocycles. The van der Waals surface area contributed by atoms with Crippen LogP contribution in [0.5, 0.6) is 0 Å². The molecule has 0 bridgehead atoms. The highest BCUT2D eigenvalue weighted by Crippen LogP contribution is 2.27. The first kappa shape index (κ1) is 18.5. The molecule has 0 saturated carbocycles. The number of halogens is 3. The van der Waals surface area contributed by atoms with Crippen molar-refractivity contribution in [3.05, 3.63) is 28.0 Å². The van der Waals surface area contributed by atoms with Crippen molar-refractivity contribution in [2.75, 3.05) is 6.61 Å². The van der Waals surface area contributed by atoms with Gasteiger partial charge >= 0.3 is 5.97 Å². The van der Waals surface area contributed by atoms with E-state index in [2.05, 4.69) is 9.13 Å². The summed E-state index contributed by atoms with van der Waals surface area (Å²) in [5.74, 6) is 0.848. The van der Waals surface area contributed by atoms with Crippen molar-refractivity contribution in [3.63, 3.8) is 0 Å². The summed E-state index contributed by atoms with van der Waals surface area (Å²) in [6.45, 7) is 4.62. The highest BCUT2D eigenvalue weighted by molar-refractivity contribution is 6.42. The number of esters is 1. The maximum Gasteiger partial charge on any atom is 0.302 e. The molecule has 1 aromatic heterocycles. The third kappa shape index (κ3) is 4.02. The number of carbonyl (C=O) groups is 1. The second-order valence-electron chi connectivity index (χ2n) is 4.71. The summed E-state index contributed by atoms with van der Waals surface area (Å²) in [5.41, 5.74) is 2.06. The van der Waals surface area contributed by atoms with Gasteiger partial charge in [-0.3, -0.25) is 4.79 Å². The van der Waals surface area contributed by atoms with Gasteiger partial charge in [-0.1, -0.05) is 23.2 Å². The van der Waals surface area contributed by atoms with E-state index in [4.69, 9.17) is 27.9 Å². The van der Waals surface area contributed by atoms with Gasteiger partial charge in [0.1, 0.15) is 0 Å². The monoisotopic (exact) mass is 442 g/mol. The first-order valence-corrected chi connectivity index (χ1v) is 7.14. The lowest BCUT2D eigenvalue weighted by molar-refractivity contribution is -0.652. The molecule has 21 heavy (non-hydrogen) atoms. The van der Waals surface area contributed by atoms with E-state index in [0.29, 0.717) is 16.7 Å². The van der Waals surface area contributed by atoms with Crippen LogP contribution in [0.25, 0.3) is 11.0 Å². The van der Waals surface area contributed by atoms with Gasteiger partial charge in [0.15, 0.2) is 11.0 Å². The number of carbonyl (C=O) groups excluding carboxylic acids is 1. The zero-order valence-electron chi connectivity index (χ0n) is 12.1. The lowest BCUT2D eigenvalue weighted by Gasteiger charge is -2.02. The van der Waals surface area contributed by atoms with Crippen molar-refractivity contribution >= 4 is 40.2 Å². The Morgan fingerprint density at radius 2 is 1.95 bits per heavy atom. The summed E-state index contributed by atoms with van der Waals surface area (Å²) in [6, 6.07) is 3.74. The SMILES string of the molecule is CC(=O)OCCCn1c(C)[n+](C)c2cc(Cl)c(Cl)cc21.[I-]. The van der Waals surface area contributed by atoms with Gasteiger partial charge in [-0.15, -0.1) is 0 Å². The van der Waals surface area contributed by atoms with Crippen LogP contribution in [0.4, 0.5) is 0 Å². The van der Waals surface area contributed by atoms with Crippen molar-refractivity contribution in [1.82, 2.24) is 4.57 Å². The lowest BCUT2D eigenvalue weighted by Crippen LogP contribution is -3.00. The van der Waals surface area contributed by atoms with Gasteiger partial charge in [0.25, 0.3) is 5.82 Å². The molecule has 0 fully saturated rings. The van der Waals surface area contributed by atoms with Gasteiger partial charge < -0.3 is 28.7 Å². The van der Waals surface area contributed by atoms with Crippen LogP contribution in [-0.2, 0) is 23.1 Å². The minimum atomic E-state index is -0.250. The Morgan fingerprint density at radius 3 is 2.57 bits per heavy atom. The number of benzene rings is 1. The second-order valence-corrected chi connectivity index (χ2v) is 5.52. The standard InChI is InChI=1S/C14H17Cl2N2O2.HI/c1-9-17(3)13-7-11(15)12(16)8-14(13)18(9)5-4-6-20-10(2)19;/h7-8H,4-6H2,1-3H3;1H/q+1;/p-1. The minimum absolute atomic E-state index is 0. The number of ether oxygens (including phenoxy) is 1. The van der Waals surface area contributed by atoms with Crippen molar-refractivity contribution in [1.29, 1.82) is 0 Å². The number of fused-ring (bicyclic) bond motifs is 1. The second kappa shape index (κ2) is 7.65. The molecule has 0 amide bonds. The molecule has 0 radical (unpaired) electrons. The molecular formula is C14H17Cl2IN2O2. The Bertz CT molecular complexity index is 671. The molecule has 0 saturated heterocycles. The zero-order valence-corrected chi connectivity index (χ0v) is 15.8. The van der Waals surface area contributed by atoms with Crippen LogP contribution in [0.2, 0.25) is 10.0 Å². The van der Waals surface area contributed by atoms with Crippen LogP contribution < -0.4 is 28.5 Å². The fourth-order valence-electron chi connectivity index (χ4n) is 2.26. The number of rotatable bonds is 4. The highest BCUT2D eigenvalue weighted by Gasteiger charge is 2.20. The van der Waals surface area contributed by atoms with E-state index < -0.39 is 0 Å². The van der Waals surface area contributed by atoms with Crippen molar-refractivity contribution in [2.24, 2.45) is 7.05 Å². The fourth-order valence-corrected chi connectivity index (χ4v) is 2.58. The van der Waals surface area contributed by atoms with Crippen molar-refractivity contribution < 1.29 is 38.1 Å². The predicted molar refractivity (Wildman–Crippen MR) is 79.1 cm³/mol. The van der Waals surface area contributed by atoms with E-state index in [1.54, 1.807) is 0 Å². The third-order valence-corrected chi connectivity index (χ3v) is 4.10. The first-order valence-electron chi connectivity index (χ1n) is 6.39. The lowest BCUT2D eigenvalue weighted by atomic mass is 10.3. The summed E-state index contributed by atoms with van der Waals surface area (Å²) in [5, 5.41) is 1.09. The van der Waals surface area contributed by atoms with Crippen LogP contribution in [-0.4, -0.2) is 17.1 Å².